The lowest BCUT2D eigenvalue weighted by Gasteiger charge is -2.33. The Hall–Kier alpha value is -2.64. The predicted octanol–water partition coefficient (Wildman–Crippen LogP) is 3.57. The zero-order valence-electron chi connectivity index (χ0n) is 18.5. The van der Waals surface area contributed by atoms with Gasteiger partial charge in [-0.05, 0) is 43.2 Å². The van der Waals surface area contributed by atoms with Crippen LogP contribution in [0.3, 0.4) is 0 Å². The molecule has 0 aliphatic carbocycles. The summed E-state index contributed by atoms with van der Waals surface area (Å²) in [5.74, 6) is 0.501. The van der Waals surface area contributed by atoms with Crippen molar-refractivity contribution in [1.29, 1.82) is 0 Å². The number of ether oxygens (including phenoxy) is 1. The maximum absolute atomic E-state index is 12.6. The Kier molecular flexibility index (Phi) is 8.47. The van der Waals surface area contributed by atoms with Gasteiger partial charge in [0.2, 0.25) is 5.88 Å². The van der Waals surface area contributed by atoms with Gasteiger partial charge < -0.3 is 19.6 Å². The van der Waals surface area contributed by atoms with E-state index in [0.717, 1.165) is 25.7 Å². The molecule has 1 aliphatic heterocycles. The number of rotatable bonds is 8. The van der Waals surface area contributed by atoms with Crippen molar-refractivity contribution < 1.29 is 19.4 Å². The van der Waals surface area contributed by atoms with E-state index in [9.17, 15) is 14.7 Å². The first-order valence-electron chi connectivity index (χ1n) is 10.9. The molecule has 7 nitrogen and oxygen atoms in total. The molecule has 3 rings (SSSR count). The summed E-state index contributed by atoms with van der Waals surface area (Å²) < 4.78 is 5.69. The summed E-state index contributed by atoms with van der Waals surface area (Å²) in [6.45, 7) is 1.83. The molecule has 0 unspecified atom stereocenters. The SMILES string of the molecule is CN(C)C(=O)c1ccc(OCCCC2CCN(C(=O)[C@H](O)c3ccccc3)CC2)nc1Cl. The highest BCUT2D eigenvalue weighted by molar-refractivity contribution is 6.32. The van der Waals surface area contributed by atoms with E-state index in [1.54, 1.807) is 43.3 Å². The van der Waals surface area contributed by atoms with Crippen molar-refractivity contribution in [3.8, 4) is 5.88 Å². The molecule has 1 atom stereocenters. The zero-order valence-corrected chi connectivity index (χ0v) is 19.3. The Morgan fingerprint density at radius 1 is 1.19 bits per heavy atom. The van der Waals surface area contributed by atoms with Gasteiger partial charge in [0.25, 0.3) is 11.8 Å². The molecule has 2 aromatic rings. The lowest BCUT2D eigenvalue weighted by atomic mass is 9.92. The molecule has 0 spiro atoms. The number of aromatic nitrogens is 1. The summed E-state index contributed by atoms with van der Waals surface area (Å²) in [7, 11) is 3.32. The molecule has 0 bridgehead atoms. The van der Waals surface area contributed by atoms with Gasteiger partial charge in [0.15, 0.2) is 6.10 Å². The minimum atomic E-state index is -1.10. The largest absolute Gasteiger partial charge is 0.478 e. The fraction of sp³-hybridized carbons (Fsp3) is 0.458. The first-order chi connectivity index (χ1) is 15.4. The van der Waals surface area contributed by atoms with E-state index in [1.165, 1.54) is 4.90 Å². The van der Waals surface area contributed by atoms with Crippen LogP contribution in [-0.4, -0.2) is 65.5 Å². The highest BCUT2D eigenvalue weighted by atomic mass is 35.5. The van der Waals surface area contributed by atoms with E-state index in [4.69, 9.17) is 16.3 Å². The van der Waals surface area contributed by atoms with Gasteiger partial charge in [-0.1, -0.05) is 41.9 Å². The highest BCUT2D eigenvalue weighted by Gasteiger charge is 2.27. The van der Waals surface area contributed by atoms with Crippen LogP contribution in [0.1, 0.15) is 47.7 Å². The normalized spacial score (nSPS) is 15.3. The minimum Gasteiger partial charge on any atom is -0.478 e. The summed E-state index contributed by atoms with van der Waals surface area (Å²) >= 11 is 6.11. The van der Waals surface area contributed by atoms with Crippen LogP contribution in [0.4, 0.5) is 0 Å². The van der Waals surface area contributed by atoms with Crippen molar-refractivity contribution >= 4 is 23.4 Å². The molecule has 2 heterocycles. The molecule has 8 heteroatoms. The van der Waals surface area contributed by atoms with Gasteiger partial charge >= 0.3 is 0 Å². The second-order valence-electron chi connectivity index (χ2n) is 8.26. The molecule has 1 aliphatic rings. The van der Waals surface area contributed by atoms with E-state index >= 15 is 0 Å². The summed E-state index contributed by atoms with van der Waals surface area (Å²) in [6, 6.07) is 12.3. The van der Waals surface area contributed by atoms with Crippen LogP contribution < -0.4 is 4.74 Å². The van der Waals surface area contributed by atoms with Crippen LogP contribution in [0.25, 0.3) is 0 Å². The quantitative estimate of drug-likeness (QED) is 0.482. The first kappa shape index (κ1) is 24.0. The molecule has 0 radical (unpaired) electrons. The Labute approximate surface area is 194 Å². The molecule has 1 saturated heterocycles. The lowest BCUT2D eigenvalue weighted by Crippen LogP contribution is -2.41. The molecule has 1 N–H and O–H groups in total. The third kappa shape index (κ3) is 6.20. The van der Waals surface area contributed by atoms with Gasteiger partial charge in [-0.2, -0.15) is 0 Å². The van der Waals surface area contributed by atoms with E-state index in [-0.39, 0.29) is 17.0 Å². The van der Waals surface area contributed by atoms with Gasteiger partial charge in [-0.15, -0.1) is 0 Å². The molecule has 1 fully saturated rings. The highest BCUT2D eigenvalue weighted by Crippen LogP contribution is 2.25. The second-order valence-corrected chi connectivity index (χ2v) is 8.62. The van der Waals surface area contributed by atoms with Crippen LogP contribution in [0.15, 0.2) is 42.5 Å². The van der Waals surface area contributed by atoms with Crippen LogP contribution in [-0.2, 0) is 4.79 Å². The van der Waals surface area contributed by atoms with Crippen molar-refractivity contribution in [3.63, 3.8) is 0 Å². The van der Waals surface area contributed by atoms with Crippen molar-refractivity contribution in [1.82, 2.24) is 14.8 Å². The number of amides is 2. The summed E-state index contributed by atoms with van der Waals surface area (Å²) in [5.41, 5.74) is 0.979. The van der Waals surface area contributed by atoms with E-state index in [0.29, 0.717) is 42.6 Å². The number of carbonyl (C=O) groups excluding carboxylic acids is 2. The van der Waals surface area contributed by atoms with Crippen molar-refractivity contribution in [2.45, 2.75) is 31.8 Å². The minimum absolute atomic E-state index is 0.135. The van der Waals surface area contributed by atoms with Gasteiger partial charge in [0.1, 0.15) is 5.15 Å². The van der Waals surface area contributed by atoms with Crippen LogP contribution in [0.5, 0.6) is 5.88 Å². The molecule has 172 valence electrons. The third-order valence-corrected chi connectivity index (χ3v) is 6.03. The number of hydrogen-bond donors (Lipinski definition) is 1. The van der Waals surface area contributed by atoms with Gasteiger partial charge in [-0.3, -0.25) is 9.59 Å². The Morgan fingerprint density at radius 3 is 2.50 bits per heavy atom. The van der Waals surface area contributed by atoms with Crippen LogP contribution >= 0.6 is 11.6 Å². The average Bonchev–Trinajstić information content (AvgIpc) is 2.81. The number of aliphatic hydroxyl groups is 1. The summed E-state index contributed by atoms with van der Waals surface area (Å²) in [5, 5.41) is 10.5. The molecule has 0 saturated carbocycles. The number of piperidine rings is 1. The number of halogens is 1. The third-order valence-electron chi connectivity index (χ3n) is 5.74. The van der Waals surface area contributed by atoms with Gasteiger partial charge in [-0.25, -0.2) is 4.98 Å². The standard InChI is InChI=1S/C24H30ClN3O4/c1-27(2)23(30)19-10-11-20(26-22(19)25)32-16-6-7-17-12-14-28(15-13-17)24(31)21(29)18-8-4-3-5-9-18/h3-5,8-11,17,21,29H,6-7,12-16H2,1-2H3/t21-/m1/s1. The number of benzene rings is 1. The lowest BCUT2D eigenvalue weighted by molar-refractivity contribution is -0.142. The Bertz CT molecular complexity index is 915. The topological polar surface area (TPSA) is 83.0 Å². The molecular weight excluding hydrogens is 430 g/mol. The summed E-state index contributed by atoms with van der Waals surface area (Å²) in [6.07, 6.45) is 2.59. The molecule has 32 heavy (non-hydrogen) atoms. The average molecular weight is 460 g/mol. The van der Waals surface area contributed by atoms with E-state index in [2.05, 4.69) is 4.98 Å². The number of nitrogens with zero attached hydrogens (tertiary/aromatic N) is 3. The van der Waals surface area contributed by atoms with Gasteiger partial charge in [0, 0.05) is 33.3 Å². The van der Waals surface area contributed by atoms with E-state index in [1.807, 2.05) is 18.2 Å². The summed E-state index contributed by atoms with van der Waals surface area (Å²) in [4.78, 5) is 31.9. The monoisotopic (exact) mass is 459 g/mol. The van der Waals surface area contributed by atoms with Crippen LogP contribution in [0, 0.1) is 5.92 Å². The number of hydrogen-bond acceptors (Lipinski definition) is 5. The number of carbonyl (C=O) groups is 2. The molecular formula is C24H30ClN3O4. The number of likely N-dealkylation sites (tertiary alicyclic amines) is 1. The van der Waals surface area contributed by atoms with Crippen molar-refractivity contribution in [2.75, 3.05) is 33.8 Å². The fourth-order valence-corrected chi connectivity index (χ4v) is 4.07. The first-order valence-corrected chi connectivity index (χ1v) is 11.3. The maximum Gasteiger partial charge on any atom is 0.256 e. The molecule has 1 aromatic heterocycles. The molecule has 1 aromatic carbocycles. The zero-order chi connectivity index (χ0) is 23.1. The fourth-order valence-electron chi connectivity index (χ4n) is 3.84. The maximum atomic E-state index is 12.6. The van der Waals surface area contributed by atoms with Crippen LogP contribution in [0.2, 0.25) is 5.15 Å². The second kappa shape index (κ2) is 11.3. The number of aliphatic hydroxyl groups excluding tert-OH is 1. The molecule has 2 amide bonds. The van der Waals surface area contributed by atoms with Crippen molar-refractivity contribution in [2.24, 2.45) is 5.92 Å². The number of pyridine rings is 1. The predicted molar refractivity (Wildman–Crippen MR) is 123 cm³/mol. The Balaban J connectivity index is 1.38. The van der Waals surface area contributed by atoms with E-state index < -0.39 is 6.10 Å². The van der Waals surface area contributed by atoms with Crippen molar-refractivity contribution in [3.05, 3.63) is 58.7 Å². The van der Waals surface area contributed by atoms with Gasteiger partial charge in [0.05, 0.1) is 12.2 Å². The smallest absolute Gasteiger partial charge is 0.256 e. The Morgan fingerprint density at radius 2 is 1.88 bits per heavy atom.